The molecular weight excluding hydrogens is 218 g/mol. The lowest BCUT2D eigenvalue weighted by atomic mass is 10.3. The van der Waals surface area contributed by atoms with E-state index < -0.39 is 29.9 Å². The number of nitrogens with one attached hydrogen (secondary N) is 3. The Morgan fingerprint density at radius 2 is 2.19 bits per heavy atom. The van der Waals surface area contributed by atoms with Gasteiger partial charge >= 0.3 is 5.69 Å². The molecule has 16 heavy (non-hydrogen) atoms. The van der Waals surface area contributed by atoms with Gasteiger partial charge in [-0.2, -0.15) is 0 Å². The molecule has 0 bridgehead atoms. The molecule has 1 unspecified atom stereocenters. The van der Waals surface area contributed by atoms with Crippen molar-refractivity contribution in [3.05, 3.63) is 32.6 Å². The molecule has 0 aliphatic carbocycles. The Bertz CT molecular complexity index is 477. The summed E-state index contributed by atoms with van der Waals surface area (Å²) in [5.74, 6) is -0.745. The number of hydrogen-bond acceptors (Lipinski definition) is 5. The minimum absolute atomic E-state index is 0.187. The van der Waals surface area contributed by atoms with E-state index in [1.807, 2.05) is 4.98 Å². The molecule has 1 amide bonds. The predicted molar refractivity (Wildman–Crippen MR) is 53.1 cm³/mol. The molecule has 0 spiro atoms. The second kappa shape index (κ2) is 5.24. The highest BCUT2D eigenvalue weighted by Gasteiger charge is 2.11. The first-order valence-electron chi connectivity index (χ1n) is 4.43. The fourth-order valence-corrected chi connectivity index (χ4v) is 0.949. The zero-order valence-corrected chi connectivity index (χ0v) is 8.19. The fourth-order valence-electron chi connectivity index (χ4n) is 0.949. The van der Waals surface area contributed by atoms with E-state index >= 15 is 0 Å². The zero-order valence-electron chi connectivity index (χ0n) is 8.19. The van der Waals surface area contributed by atoms with E-state index in [1.165, 1.54) is 0 Å². The maximum atomic E-state index is 11.4. The monoisotopic (exact) mass is 229 g/mol. The van der Waals surface area contributed by atoms with Crippen LogP contribution in [0.3, 0.4) is 0 Å². The molecule has 0 fully saturated rings. The van der Waals surface area contributed by atoms with Gasteiger partial charge in [0, 0.05) is 12.7 Å². The van der Waals surface area contributed by atoms with Gasteiger partial charge in [0.1, 0.15) is 5.56 Å². The van der Waals surface area contributed by atoms with Crippen LogP contribution in [0.5, 0.6) is 0 Å². The van der Waals surface area contributed by atoms with Gasteiger partial charge in [-0.05, 0) is 0 Å². The Hall–Kier alpha value is -1.93. The third kappa shape index (κ3) is 3.04. The van der Waals surface area contributed by atoms with Crippen molar-refractivity contribution in [1.29, 1.82) is 0 Å². The summed E-state index contributed by atoms with van der Waals surface area (Å²) in [5, 5.41) is 19.7. The number of H-pyrrole nitrogens is 2. The molecule has 0 saturated carbocycles. The Labute approximate surface area is 89.0 Å². The van der Waals surface area contributed by atoms with Crippen molar-refractivity contribution < 1.29 is 15.0 Å². The summed E-state index contributed by atoms with van der Waals surface area (Å²) >= 11 is 0. The maximum absolute atomic E-state index is 11.4. The third-order valence-corrected chi connectivity index (χ3v) is 1.77. The number of aliphatic hydroxyl groups is 2. The Morgan fingerprint density at radius 1 is 1.50 bits per heavy atom. The van der Waals surface area contributed by atoms with E-state index in [9.17, 15) is 14.4 Å². The third-order valence-electron chi connectivity index (χ3n) is 1.77. The molecule has 1 atom stereocenters. The SMILES string of the molecule is O=C(NCC(O)CO)c1c[nH]c(=O)[nH]c1=O. The maximum Gasteiger partial charge on any atom is 0.325 e. The summed E-state index contributed by atoms with van der Waals surface area (Å²) < 4.78 is 0. The molecule has 0 radical (unpaired) electrons. The lowest BCUT2D eigenvalue weighted by molar-refractivity contribution is 0.0800. The number of amides is 1. The van der Waals surface area contributed by atoms with Crippen LogP contribution in [-0.4, -0.2) is 45.3 Å². The van der Waals surface area contributed by atoms with E-state index in [4.69, 9.17) is 10.2 Å². The highest BCUT2D eigenvalue weighted by molar-refractivity contribution is 5.93. The standard InChI is InChI=1S/C8H11N3O5/c12-3-4(13)1-9-6(14)5-2-10-8(16)11-7(5)15/h2,4,12-13H,1,3H2,(H,9,14)(H2,10,11,15,16). The van der Waals surface area contributed by atoms with Gasteiger partial charge in [0.05, 0.1) is 12.7 Å². The second-order valence-corrected chi connectivity index (χ2v) is 3.03. The number of hydrogen-bond donors (Lipinski definition) is 5. The van der Waals surface area contributed by atoms with Gasteiger partial charge in [0.25, 0.3) is 11.5 Å². The van der Waals surface area contributed by atoms with E-state index in [0.717, 1.165) is 6.20 Å². The van der Waals surface area contributed by atoms with E-state index in [1.54, 1.807) is 0 Å². The van der Waals surface area contributed by atoms with Crippen molar-refractivity contribution in [1.82, 2.24) is 15.3 Å². The quantitative estimate of drug-likeness (QED) is 0.378. The normalized spacial score (nSPS) is 12.1. The summed E-state index contributed by atoms with van der Waals surface area (Å²) in [5.41, 5.74) is -1.80. The first kappa shape index (κ1) is 12.1. The van der Waals surface area contributed by atoms with Crippen LogP contribution in [-0.2, 0) is 0 Å². The average molecular weight is 229 g/mol. The van der Waals surface area contributed by atoms with Crippen LogP contribution in [0.15, 0.2) is 15.8 Å². The molecular formula is C8H11N3O5. The van der Waals surface area contributed by atoms with Crippen molar-refractivity contribution >= 4 is 5.91 Å². The molecule has 8 heteroatoms. The summed E-state index contributed by atoms with van der Waals surface area (Å²) in [6, 6.07) is 0. The molecule has 0 aliphatic heterocycles. The van der Waals surface area contributed by atoms with Crippen LogP contribution in [0.4, 0.5) is 0 Å². The first-order chi connectivity index (χ1) is 7.54. The lowest BCUT2D eigenvalue weighted by Gasteiger charge is -2.07. The van der Waals surface area contributed by atoms with Crippen molar-refractivity contribution in [2.45, 2.75) is 6.10 Å². The Morgan fingerprint density at radius 3 is 2.75 bits per heavy atom. The van der Waals surface area contributed by atoms with Crippen LogP contribution >= 0.6 is 0 Å². The molecule has 88 valence electrons. The minimum Gasteiger partial charge on any atom is -0.394 e. The number of carbonyl (C=O) groups is 1. The molecule has 5 N–H and O–H groups in total. The molecule has 0 saturated heterocycles. The van der Waals surface area contributed by atoms with Gasteiger partial charge in [-0.25, -0.2) is 4.79 Å². The van der Waals surface area contributed by atoms with Crippen LogP contribution in [0.2, 0.25) is 0 Å². The van der Waals surface area contributed by atoms with Crippen LogP contribution in [0, 0.1) is 0 Å². The highest BCUT2D eigenvalue weighted by Crippen LogP contribution is 1.85. The van der Waals surface area contributed by atoms with Gasteiger partial charge in [0.15, 0.2) is 0 Å². The fraction of sp³-hybridized carbons (Fsp3) is 0.375. The smallest absolute Gasteiger partial charge is 0.325 e. The predicted octanol–water partition coefficient (Wildman–Crippen LogP) is -2.85. The van der Waals surface area contributed by atoms with Gasteiger partial charge in [-0.15, -0.1) is 0 Å². The van der Waals surface area contributed by atoms with Crippen LogP contribution in [0.25, 0.3) is 0 Å². The highest BCUT2D eigenvalue weighted by atomic mass is 16.3. The molecule has 1 rings (SSSR count). The average Bonchev–Trinajstić information content (AvgIpc) is 2.25. The number of aromatic amines is 2. The Balaban J connectivity index is 2.74. The topological polar surface area (TPSA) is 135 Å². The molecule has 1 aromatic rings. The van der Waals surface area contributed by atoms with Gasteiger partial charge in [-0.1, -0.05) is 0 Å². The van der Waals surface area contributed by atoms with Crippen molar-refractivity contribution in [2.24, 2.45) is 0 Å². The van der Waals surface area contributed by atoms with Crippen LogP contribution < -0.4 is 16.6 Å². The molecule has 1 heterocycles. The summed E-state index contributed by atoms with van der Waals surface area (Å²) in [4.78, 5) is 37.2. The second-order valence-electron chi connectivity index (χ2n) is 3.03. The van der Waals surface area contributed by atoms with Crippen molar-refractivity contribution in [3.63, 3.8) is 0 Å². The number of carbonyl (C=O) groups excluding carboxylic acids is 1. The van der Waals surface area contributed by atoms with Crippen molar-refractivity contribution in [2.75, 3.05) is 13.2 Å². The van der Waals surface area contributed by atoms with Gasteiger partial charge in [-0.3, -0.25) is 14.6 Å². The number of aromatic nitrogens is 2. The van der Waals surface area contributed by atoms with Crippen molar-refractivity contribution in [3.8, 4) is 0 Å². The lowest BCUT2D eigenvalue weighted by Crippen LogP contribution is -2.38. The van der Waals surface area contributed by atoms with E-state index in [0.29, 0.717) is 0 Å². The van der Waals surface area contributed by atoms with E-state index in [-0.39, 0.29) is 12.1 Å². The minimum atomic E-state index is -1.09. The molecule has 8 nitrogen and oxygen atoms in total. The summed E-state index contributed by atoms with van der Waals surface area (Å²) in [6.07, 6.45) is -0.118. The van der Waals surface area contributed by atoms with Gasteiger partial charge < -0.3 is 20.5 Å². The summed E-state index contributed by atoms with van der Waals surface area (Å²) in [7, 11) is 0. The molecule has 0 aliphatic rings. The Kier molecular flexibility index (Phi) is 3.97. The van der Waals surface area contributed by atoms with Gasteiger partial charge in [0.2, 0.25) is 0 Å². The summed E-state index contributed by atoms with van der Waals surface area (Å²) in [6.45, 7) is -0.684. The first-order valence-corrected chi connectivity index (χ1v) is 4.43. The number of rotatable bonds is 4. The largest absolute Gasteiger partial charge is 0.394 e. The molecule has 1 aromatic heterocycles. The van der Waals surface area contributed by atoms with Crippen LogP contribution in [0.1, 0.15) is 10.4 Å². The zero-order chi connectivity index (χ0) is 12.1. The molecule has 0 aromatic carbocycles. The van der Waals surface area contributed by atoms with E-state index in [2.05, 4.69) is 10.3 Å². The number of aliphatic hydroxyl groups excluding tert-OH is 2.